The minimum atomic E-state index is -2.66. The van der Waals surface area contributed by atoms with Crippen LogP contribution in [0.15, 0.2) is 0 Å². The lowest BCUT2D eigenvalue weighted by Gasteiger charge is -2.51. The van der Waals surface area contributed by atoms with Gasteiger partial charge in [0.25, 0.3) is 6.47 Å². The molecule has 0 spiro atoms. The van der Waals surface area contributed by atoms with Crippen molar-refractivity contribution in [2.24, 2.45) is 5.92 Å². The van der Waals surface area contributed by atoms with Crippen LogP contribution in [0.4, 0.5) is 0 Å². The normalized spacial score (nSPS) is 47.5. The standard InChI is InChI=1S/C67H112N4O47/c1-18-24(84)7-67(103-17-79,118-53(18)38(86)25(85)8-72)102-16-33-42(90)48(96)51(99)63(111-33)113-55-30(13-77)109-62(37(47(55)95)71-23(6)83)117-59-50(98)41(89)28(11-75)107-66(59)115-57-43(91)32(15-101-65-58(49(97)40(88)27(10-74)106-65)116-60-35(69-21(4)81)44(92)39(87)26(9-73)105-60)110-64(52(57)100)114-56-31(14-78)108-61(36(46(56)94)70-22(5)82)112-54-29(12-76)104-19(2)34(45(54)93)68-20(3)80/h17-19,24-66,72-78,84-100H,7-16H2,1-6H3,(H,68,80)(H,69,81)(H,70,82)(H,71,83)/t18-,19+,24-,25-,26+,27?,28-,29?,30?,31?,32?,33?,34?,35?,36?,37?,38-,39-,40-,41-,42+,43-,44?,45-,46-,47-,48+,49+,50?,51?,52?,53?,54-,55-,56-,57+,58?,59?,60+,61+,62+,63+,64+,65+,66-,67+/m1/s1. The zero-order valence-corrected chi connectivity index (χ0v) is 64.3. The fourth-order valence-corrected chi connectivity index (χ4v) is 15.4. The van der Waals surface area contributed by atoms with E-state index in [-0.39, 0.29) is 6.47 Å². The zero-order chi connectivity index (χ0) is 87.1. The van der Waals surface area contributed by atoms with E-state index in [1.807, 2.05) is 0 Å². The highest BCUT2D eigenvalue weighted by Gasteiger charge is 2.61. The molecule has 4 amide bonds. The van der Waals surface area contributed by atoms with Crippen molar-refractivity contribution < 1.29 is 232 Å². The predicted octanol–water partition coefficient (Wildman–Crippen LogP) is -18.5. The second-order valence-electron chi connectivity index (χ2n) is 30.1. The summed E-state index contributed by atoms with van der Waals surface area (Å²) in [5.74, 6) is -7.07. The van der Waals surface area contributed by atoms with Gasteiger partial charge in [0.15, 0.2) is 44.0 Å². The van der Waals surface area contributed by atoms with Gasteiger partial charge in [0.2, 0.25) is 23.6 Å². The van der Waals surface area contributed by atoms with Crippen LogP contribution in [0, 0.1) is 5.92 Å². The Morgan fingerprint density at radius 3 is 1.19 bits per heavy atom. The first-order valence-corrected chi connectivity index (χ1v) is 37.9. The molecule has 682 valence electrons. The molecule has 28 N–H and O–H groups in total. The van der Waals surface area contributed by atoms with Gasteiger partial charge >= 0.3 is 5.97 Å². The number of ether oxygens (including phenoxy) is 18. The number of carbonyl (C=O) groups is 5. The minimum Gasteiger partial charge on any atom is -0.410 e. The number of aliphatic hydroxyl groups is 24. The fraction of sp³-hybridized carbons (Fsp3) is 0.925. The van der Waals surface area contributed by atoms with E-state index in [0.29, 0.717) is 0 Å². The van der Waals surface area contributed by atoms with Crippen molar-refractivity contribution in [2.75, 3.05) is 59.5 Å². The van der Waals surface area contributed by atoms with Crippen molar-refractivity contribution in [2.45, 2.75) is 324 Å². The average Bonchev–Trinajstić information content (AvgIpc) is 0.766. The number of amides is 4. The maximum absolute atomic E-state index is 13.2. The largest absolute Gasteiger partial charge is 0.410 e. The first kappa shape index (κ1) is 97.5. The molecule has 0 saturated carbocycles. The summed E-state index contributed by atoms with van der Waals surface area (Å²) < 4.78 is 107. The van der Waals surface area contributed by atoms with Crippen LogP contribution in [-0.4, -0.2) is 488 Å². The van der Waals surface area contributed by atoms with Gasteiger partial charge in [0, 0.05) is 33.6 Å². The topological polar surface area (TPSA) is 785 Å². The first-order valence-electron chi connectivity index (χ1n) is 37.9. The van der Waals surface area contributed by atoms with Crippen molar-refractivity contribution in [1.82, 2.24) is 21.3 Å². The maximum atomic E-state index is 13.2. The molecule has 0 aromatic rings. The molecule has 9 aliphatic rings. The molecule has 17 unspecified atom stereocenters. The molecule has 51 heteroatoms. The number of hydrogen-bond acceptors (Lipinski definition) is 47. The Labute approximate surface area is 670 Å². The lowest BCUT2D eigenvalue weighted by atomic mass is 9.87. The first-order chi connectivity index (χ1) is 55.8. The summed E-state index contributed by atoms with van der Waals surface area (Å²) in [7, 11) is 0. The van der Waals surface area contributed by atoms with Gasteiger partial charge in [0.1, 0.15) is 201 Å². The van der Waals surface area contributed by atoms with E-state index in [4.69, 9.17) is 85.3 Å². The molecular formula is C67H112N4O47. The Morgan fingerprint density at radius 1 is 0.381 bits per heavy atom. The molecule has 9 heterocycles. The van der Waals surface area contributed by atoms with Crippen molar-refractivity contribution in [3.05, 3.63) is 0 Å². The van der Waals surface area contributed by atoms with Crippen LogP contribution >= 0.6 is 0 Å². The quantitative estimate of drug-likeness (QED) is 0.0214. The summed E-state index contributed by atoms with van der Waals surface area (Å²) in [6.45, 7) is -3.02. The Balaban J connectivity index is 1.03. The molecule has 118 heavy (non-hydrogen) atoms. The van der Waals surface area contributed by atoms with Crippen LogP contribution in [0.3, 0.4) is 0 Å². The van der Waals surface area contributed by atoms with Crippen LogP contribution in [0.25, 0.3) is 0 Å². The van der Waals surface area contributed by atoms with Crippen molar-refractivity contribution >= 4 is 30.1 Å². The average molecular weight is 1730 g/mol. The van der Waals surface area contributed by atoms with Gasteiger partial charge in [-0.15, -0.1) is 0 Å². The minimum absolute atomic E-state index is 0.188. The summed E-state index contributed by atoms with van der Waals surface area (Å²) in [6.07, 6.45) is -82.2. The molecule has 0 aromatic carbocycles. The van der Waals surface area contributed by atoms with Gasteiger partial charge in [-0.2, -0.15) is 0 Å². The molecule has 9 rings (SSSR count). The van der Waals surface area contributed by atoms with Gasteiger partial charge in [0.05, 0.1) is 90.2 Å². The Morgan fingerprint density at radius 2 is 0.737 bits per heavy atom. The third-order valence-corrected chi connectivity index (χ3v) is 21.9. The van der Waals surface area contributed by atoms with Gasteiger partial charge in [-0.25, -0.2) is 0 Å². The van der Waals surface area contributed by atoms with Crippen LogP contribution in [0.2, 0.25) is 0 Å². The number of hydrogen-bond donors (Lipinski definition) is 28. The third-order valence-electron chi connectivity index (χ3n) is 21.9. The number of rotatable bonds is 33. The molecule has 0 bridgehead atoms. The van der Waals surface area contributed by atoms with Gasteiger partial charge in [-0.05, 0) is 6.92 Å². The van der Waals surface area contributed by atoms with E-state index in [0.717, 1.165) is 27.7 Å². The van der Waals surface area contributed by atoms with Crippen LogP contribution in [0.1, 0.15) is 48.0 Å². The third kappa shape index (κ3) is 21.8. The molecule has 9 aliphatic heterocycles. The highest BCUT2D eigenvalue weighted by molar-refractivity contribution is 5.74. The highest BCUT2D eigenvalue weighted by atomic mass is 16.9. The van der Waals surface area contributed by atoms with E-state index in [1.165, 1.54) is 13.8 Å². The highest BCUT2D eigenvalue weighted by Crippen LogP contribution is 2.42. The molecule has 46 atom stereocenters. The monoisotopic (exact) mass is 1720 g/mol. The van der Waals surface area contributed by atoms with Crippen molar-refractivity contribution in [3.63, 3.8) is 0 Å². The molecule has 0 aliphatic carbocycles. The van der Waals surface area contributed by atoms with E-state index >= 15 is 0 Å². The van der Waals surface area contributed by atoms with E-state index < -0.39 is 371 Å². The lowest BCUT2D eigenvalue weighted by molar-refractivity contribution is -0.424. The Hall–Kier alpha value is -4.29. The summed E-state index contributed by atoms with van der Waals surface area (Å²) in [5.41, 5.74) is 0. The molecule has 0 radical (unpaired) electrons. The Bertz CT molecular complexity index is 3180. The summed E-state index contributed by atoms with van der Waals surface area (Å²) >= 11 is 0. The van der Waals surface area contributed by atoms with Gasteiger partial charge in [-0.1, -0.05) is 6.92 Å². The second kappa shape index (κ2) is 42.6. The fourth-order valence-electron chi connectivity index (χ4n) is 15.4. The van der Waals surface area contributed by atoms with Gasteiger partial charge in [-0.3, -0.25) is 24.0 Å². The molecular weight excluding hydrogens is 1610 g/mol. The summed E-state index contributed by atoms with van der Waals surface area (Å²) in [4.78, 5) is 62.8. The second-order valence-corrected chi connectivity index (χ2v) is 30.1. The SMILES string of the molecule is CC(=O)NC1C(O)[C@H](O)[C@H](CO)O[C@H]1OC1[C@@H](OCC2O[C@@H](O[C@@H]3C(CO)O[C@@H](O[C@@H]4C(CO)O[C@@H](C)C(NC(C)=O)[C@H]4O)C(NC(C)=O)[C@H]3O)C(O)[C@@H](O[C@H]3O[C@H](CO)[C@@H](O)C(O)C3O[C@@H]3OC(CO)[C@@H](O[C@@H]4OC(CO[C@]5(OC=O)C[C@@H](O)[C@@H](C)C([C@H](O)[C@H](O)CO)O5)[C@H](O)[C@H](O)C4O)[C@H](O)C3NC(C)=O)[C@@H]2O)OC(CO)[C@@H](O)[C@@H]1O. The van der Waals surface area contributed by atoms with E-state index in [1.54, 1.807) is 0 Å². The number of carbonyl (C=O) groups excluding carboxylic acids is 5. The van der Waals surface area contributed by atoms with Crippen LogP contribution in [0.5, 0.6) is 0 Å². The predicted molar refractivity (Wildman–Crippen MR) is 367 cm³/mol. The summed E-state index contributed by atoms with van der Waals surface area (Å²) in [6, 6.07) is -6.85. The molecule has 9 saturated heterocycles. The molecule has 9 fully saturated rings. The summed E-state index contributed by atoms with van der Waals surface area (Å²) in [5, 5.41) is 278. The van der Waals surface area contributed by atoms with Gasteiger partial charge < -0.3 is 229 Å². The lowest BCUT2D eigenvalue weighted by Crippen LogP contribution is -2.71. The number of aliphatic hydroxyl groups excluding tert-OH is 24. The Kier molecular flexibility index (Phi) is 35.2. The zero-order valence-electron chi connectivity index (χ0n) is 64.3. The van der Waals surface area contributed by atoms with Crippen LogP contribution in [-0.2, 0) is 109 Å². The van der Waals surface area contributed by atoms with Crippen LogP contribution < -0.4 is 21.3 Å². The van der Waals surface area contributed by atoms with Crippen molar-refractivity contribution in [1.29, 1.82) is 0 Å². The molecule has 0 aromatic heterocycles. The maximum Gasteiger partial charge on any atom is 0.332 e. The van der Waals surface area contributed by atoms with Crippen molar-refractivity contribution in [3.8, 4) is 0 Å². The smallest absolute Gasteiger partial charge is 0.332 e. The van der Waals surface area contributed by atoms with E-state index in [2.05, 4.69) is 21.3 Å². The number of nitrogens with one attached hydrogen (secondary N) is 4. The molecule has 51 nitrogen and oxygen atoms in total. The van der Waals surface area contributed by atoms with E-state index in [9.17, 15) is 147 Å².